The van der Waals surface area contributed by atoms with Crippen LogP contribution in [0.3, 0.4) is 0 Å². The Morgan fingerprint density at radius 2 is 1.67 bits per heavy atom. The molecule has 0 unspecified atom stereocenters. The Kier molecular flexibility index (Phi) is 14.3. The van der Waals surface area contributed by atoms with Gasteiger partial charge in [-0.1, -0.05) is 53.5 Å². The van der Waals surface area contributed by atoms with Crippen LogP contribution < -0.4 is 0 Å². The summed E-state index contributed by atoms with van der Waals surface area (Å²) < 4.78 is 0. The van der Waals surface area contributed by atoms with Crippen LogP contribution >= 0.6 is 23.2 Å². The Morgan fingerprint density at radius 1 is 1.19 bits per heavy atom. The van der Waals surface area contributed by atoms with E-state index in [1.54, 1.807) is 4.90 Å². The number of carbonyl (C=O) groups is 1. The van der Waals surface area contributed by atoms with Crippen molar-refractivity contribution in [1.29, 1.82) is 0 Å². The van der Waals surface area contributed by atoms with E-state index in [4.69, 9.17) is 33.1 Å². The summed E-state index contributed by atoms with van der Waals surface area (Å²) in [5, 5.41) is 8.13. The Hall–Kier alpha value is -0.490. The predicted octanol–water partition coefficient (Wildman–Crippen LogP) is 2.97. The van der Waals surface area contributed by atoms with E-state index >= 15 is 0 Å². The summed E-state index contributed by atoms with van der Waals surface area (Å²) in [4.78, 5) is 12.5. The number of nitrogens with zero attached hydrogens (tertiary/aromatic N) is 2. The molecule has 0 saturated heterocycles. The second kappa shape index (κ2) is 13.2. The minimum Gasteiger partial charge on any atom is -0.494 e. The van der Waals surface area contributed by atoms with Gasteiger partial charge in [-0.2, -0.15) is 6.67 Å². The Labute approximate surface area is 151 Å². The number of hydrogen-bond acceptors (Lipinski definition) is 4. The van der Waals surface area contributed by atoms with Crippen molar-refractivity contribution in [2.75, 3.05) is 14.2 Å². The van der Waals surface area contributed by atoms with Crippen molar-refractivity contribution >= 4 is 29.5 Å². The van der Waals surface area contributed by atoms with Gasteiger partial charge in [0, 0.05) is 13.7 Å². The molecule has 21 heavy (non-hydrogen) atoms. The first kappa shape index (κ1) is 22.8. The van der Waals surface area contributed by atoms with E-state index < -0.39 is 0 Å². The Bertz CT molecular complexity index is 430. The van der Waals surface area contributed by atoms with Crippen molar-refractivity contribution in [2.45, 2.75) is 13.5 Å². The average molecular weight is 426 g/mol. The van der Waals surface area contributed by atoms with Crippen molar-refractivity contribution in [3.63, 3.8) is 0 Å². The van der Waals surface area contributed by atoms with Crippen LogP contribution in [0.1, 0.15) is 12.5 Å². The van der Waals surface area contributed by atoms with Gasteiger partial charge in [0.1, 0.15) is 16.6 Å². The third-order valence-electron chi connectivity index (χ3n) is 2.24. The van der Waals surface area contributed by atoms with Crippen LogP contribution in [0.4, 0.5) is 0 Å². The predicted molar refractivity (Wildman–Crippen MR) is 82.7 cm³/mol. The first-order chi connectivity index (χ1) is 9.60. The molecule has 0 aliphatic carbocycles. The number of aliphatic hydroxyl groups excluding tert-OH is 1. The van der Waals surface area contributed by atoms with Crippen molar-refractivity contribution < 1.29 is 32.3 Å². The minimum absolute atomic E-state index is 0. The van der Waals surface area contributed by atoms with Crippen LogP contribution in [-0.4, -0.2) is 35.3 Å². The van der Waals surface area contributed by atoms with Crippen LogP contribution in [0, 0.1) is 6.67 Å². The SMILES string of the molecule is CC=O.CN1[CH-]N(Cc2ccccc2)C(Cl)=C1Cl.CO.[Ag+]. The fourth-order valence-corrected chi connectivity index (χ4v) is 1.85. The zero-order valence-electron chi connectivity index (χ0n) is 12.1. The Balaban J connectivity index is 0. The fraction of sp³-hybridized carbons (Fsp3) is 0.286. The number of benzene rings is 1. The van der Waals surface area contributed by atoms with Crippen LogP contribution in [-0.2, 0) is 33.7 Å². The van der Waals surface area contributed by atoms with Gasteiger partial charge in [0.2, 0.25) is 0 Å². The quantitative estimate of drug-likeness (QED) is 0.342. The molecular weight excluding hydrogens is 407 g/mol. The topological polar surface area (TPSA) is 43.8 Å². The largest absolute Gasteiger partial charge is 1.00 e. The van der Waals surface area contributed by atoms with Gasteiger partial charge in [0.15, 0.2) is 0 Å². The minimum atomic E-state index is 0. The van der Waals surface area contributed by atoms with E-state index in [0.717, 1.165) is 19.9 Å². The molecule has 1 aromatic rings. The summed E-state index contributed by atoms with van der Waals surface area (Å²) in [6, 6.07) is 10.1. The summed E-state index contributed by atoms with van der Waals surface area (Å²) in [7, 11) is 2.87. The summed E-state index contributed by atoms with van der Waals surface area (Å²) >= 11 is 12.0. The molecule has 1 aromatic carbocycles. The molecule has 0 radical (unpaired) electrons. The fourth-order valence-electron chi connectivity index (χ4n) is 1.46. The van der Waals surface area contributed by atoms with Crippen molar-refractivity contribution in [2.24, 2.45) is 0 Å². The molecule has 0 aromatic heterocycles. The van der Waals surface area contributed by atoms with Crippen molar-refractivity contribution in [3.8, 4) is 0 Å². The number of hydrogen-bond donors (Lipinski definition) is 1. The molecule has 0 fully saturated rings. The standard InChI is InChI=1S/C11H11Cl2N2.C2H4O.CH4O.Ag/c1-14-8-15(11(13)10(14)12)7-9-5-3-2-4-6-9;1-2-3;1-2;/h2-6,8H,7H2,1H3;2H,1H3;2H,1H3;/q-1;;;+1. The van der Waals surface area contributed by atoms with Gasteiger partial charge in [0.05, 0.1) is 0 Å². The van der Waals surface area contributed by atoms with E-state index in [1.807, 2.05) is 36.8 Å². The molecule has 0 saturated carbocycles. The van der Waals surface area contributed by atoms with E-state index in [2.05, 4.69) is 12.1 Å². The molecule has 1 aliphatic heterocycles. The smallest absolute Gasteiger partial charge is 0.494 e. The van der Waals surface area contributed by atoms with Gasteiger partial charge >= 0.3 is 22.4 Å². The molecule has 1 aliphatic rings. The zero-order chi connectivity index (χ0) is 15.5. The average Bonchev–Trinajstić information content (AvgIpc) is 2.71. The second-order valence-electron chi connectivity index (χ2n) is 3.66. The molecular formula is C14H19AgCl2N2O2. The Morgan fingerprint density at radius 3 is 2.05 bits per heavy atom. The van der Waals surface area contributed by atoms with Gasteiger partial charge in [-0.3, -0.25) is 0 Å². The molecule has 2 rings (SSSR count). The van der Waals surface area contributed by atoms with Gasteiger partial charge < -0.3 is 19.7 Å². The molecule has 1 heterocycles. The summed E-state index contributed by atoms with van der Waals surface area (Å²) in [5.41, 5.74) is 1.20. The molecule has 0 spiro atoms. The molecule has 0 amide bonds. The first-order valence-electron chi connectivity index (χ1n) is 5.88. The normalized spacial score (nSPS) is 12.7. The summed E-state index contributed by atoms with van der Waals surface area (Å²) in [5.74, 6) is 0. The maximum atomic E-state index is 8.81. The number of aldehydes is 1. The maximum Gasteiger partial charge on any atom is 1.00 e. The number of rotatable bonds is 2. The number of aliphatic hydroxyl groups is 1. The molecule has 0 bridgehead atoms. The van der Waals surface area contributed by atoms with Gasteiger partial charge in [-0.15, -0.1) is 0 Å². The van der Waals surface area contributed by atoms with Crippen molar-refractivity contribution in [1.82, 2.24) is 9.80 Å². The second-order valence-corrected chi connectivity index (χ2v) is 4.37. The zero-order valence-corrected chi connectivity index (χ0v) is 15.0. The summed E-state index contributed by atoms with van der Waals surface area (Å²) in [6.45, 7) is 4.07. The molecule has 1 N–H and O–H groups in total. The third-order valence-corrected chi connectivity index (χ3v) is 3.18. The van der Waals surface area contributed by atoms with Crippen LogP contribution in [0.5, 0.6) is 0 Å². The number of carbonyl (C=O) groups excluding carboxylic acids is 1. The first-order valence-corrected chi connectivity index (χ1v) is 6.64. The molecule has 0 atom stereocenters. The molecule has 7 heteroatoms. The van der Waals surface area contributed by atoms with Crippen LogP contribution in [0.15, 0.2) is 40.6 Å². The van der Waals surface area contributed by atoms with Crippen molar-refractivity contribution in [3.05, 3.63) is 52.9 Å². The number of halogens is 2. The molecule has 4 nitrogen and oxygen atoms in total. The summed E-state index contributed by atoms with van der Waals surface area (Å²) in [6.07, 6.45) is 0.750. The van der Waals surface area contributed by atoms with Crippen LogP contribution in [0.25, 0.3) is 0 Å². The van der Waals surface area contributed by atoms with Gasteiger partial charge in [-0.05, 0) is 19.5 Å². The van der Waals surface area contributed by atoms with E-state index in [9.17, 15) is 0 Å². The van der Waals surface area contributed by atoms with E-state index in [-0.39, 0.29) is 22.4 Å². The molecule has 122 valence electrons. The third kappa shape index (κ3) is 7.90. The van der Waals surface area contributed by atoms with E-state index in [1.165, 1.54) is 12.5 Å². The maximum absolute atomic E-state index is 8.81. The van der Waals surface area contributed by atoms with Crippen LogP contribution in [0.2, 0.25) is 0 Å². The monoisotopic (exact) mass is 424 g/mol. The van der Waals surface area contributed by atoms with E-state index in [0.29, 0.717) is 10.3 Å². The van der Waals surface area contributed by atoms with Gasteiger partial charge in [0.25, 0.3) is 0 Å². The van der Waals surface area contributed by atoms with Gasteiger partial charge in [-0.25, -0.2) is 0 Å².